The Kier molecular flexibility index (Phi) is 2.78. The second-order valence-corrected chi connectivity index (χ2v) is 4.85. The van der Waals surface area contributed by atoms with Crippen LogP contribution < -0.4 is 0 Å². The molecule has 1 aliphatic rings. The van der Waals surface area contributed by atoms with E-state index in [1.165, 1.54) is 0 Å². The number of hydrogen-bond donors (Lipinski definition) is 0. The molecule has 2 rings (SSSR count). The highest BCUT2D eigenvalue weighted by Gasteiger charge is 2.27. The first kappa shape index (κ1) is 10.6. The Morgan fingerprint density at radius 1 is 1.33 bits per heavy atom. The lowest BCUT2D eigenvalue weighted by atomic mass is 10.0. The summed E-state index contributed by atoms with van der Waals surface area (Å²) in [5, 5.41) is 8.53. The molecule has 0 saturated carbocycles. The van der Waals surface area contributed by atoms with Crippen molar-refractivity contribution < 1.29 is 4.74 Å². The molecular formula is C11H19N3O. The summed E-state index contributed by atoms with van der Waals surface area (Å²) in [7, 11) is 0. The number of nitrogens with zero attached hydrogens (tertiary/aromatic N) is 3. The third kappa shape index (κ3) is 1.78. The fourth-order valence-electron chi connectivity index (χ4n) is 2.00. The maximum absolute atomic E-state index is 5.62. The Morgan fingerprint density at radius 3 is 2.67 bits per heavy atom. The minimum Gasteiger partial charge on any atom is -0.373 e. The minimum atomic E-state index is 0.341. The molecule has 1 unspecified atom stereocenters. The summed E-state index contributed by atoms with van der Waals surface area (Å²) in [4.78, 5) is 0. The van der Waals surface area contributed by atoms with Crippen molar-refractivity contribution in [2.24, 2.45) is 5.92 Å². The summed E-state index contributed by atoms with van der Waals surface area (Å²) in [6.45, 7) is 10.1. The van der Waals surface area contributed by atoms with E-state index in [-0.39, 0.29) is 0 Å². The molecule has 1 atom stereocenters. The number of hydrogen-bond acceptors (Lipinski definition) is 3. The molecule has 15 heavy (non-hydrogen) atoms. The molecule has 4 nitrogen and oxygen atoms in total. The lowest BCUT2D eigenvalue weighted by molar-refractivity contribution is 0.0349. The first-order valence-electron chi connectivity index (χ1n) is 5.63. The Bertz CT molecular complexity index is 344. The van der Waals surface area contributed by atoms with Gasteiger partial charge in [-0.05, 0) is 11.8 Å². The standard InChI is InChI=1S/C11H19N3O/c1-7(2)9-5-15-6-10-11(8(3)4)12-13-14(9)10/h7-9H,5-6H2,1-4H3. The summed E-state index contributed by atoms with van der Waals surface area (Å²) in [6.07, 6.45) is 0. The van der Waals surface area contributed by atoms with Crippen LogP contribution in [0.3, 0.4) is 0 Å². The first-order valence-corrected chi connectivity index (χ1v) is 5.63. The van der Waals surface area contributed by atoms with Crippen LogP contribution in [0, 0.1) is 5.92 Å². The predicted molar refractivity (Wildman–Crippen MR) is 57.6 cm³/mol. The zero-order valence-corrected chi connectivity index (χ0v) is 9.90. The Morgan fingerprint density at radius 2 is 2.07 bits per heavy atom. The fraction of sp³-hybridized carbons (Fsp3) is 0.818. The van der Waals surface area contributed by atoms with Crippen molar-refractivity contribution in [2.45, 2.75) is 46.3 Å². The van der Waals surface area contributed by atoms with Crippen molar-refractivity contribution in [3.05, 3.63) is 11.4 Å². The SMILES string of the molecule is CC(C)c1nnn2c1COCC2C(C)C. The molecule has 0 N–H and O–H groups in total. The van der Waals surface area contributed by atoms with E-state index in [4.69, 9.17) is 4.74 Å². The molecule has 2 heterocycles. The summed E-state index contributed by atoms with van der Waals surface area (Å²) >= 11 is 0. The second kappa shape index (κ2) is 3.93. The minimum absolute atomic E-state index is 0.341. The number of ether oxygens (including phenoxy) is 1. The molecular weight excluding hydrogens is 190 g/mol. The van der Waals surface area contributed by atoms with E-state index in [0.717, 1.165) is 18.0 Å². The number of fused-ring (bicyclic) bond motifs is 1. The maximum atomic E-state index is 5.62. The maximum Gasteiger partial charge on any atom is 0.0908 e. The molecule has 0 bridgehead atoms. The molecule has 0 amide bonds. The molecule has 1 aliphatic heterocycles. The van der Waals surface area contributed by atoms with Crippen molar-refractivity contribution in [3.8, 4) is 0 Å². The largest absolute Gasteiger partial charge is 0.373 e. The van der Waals surface area contributed by atoms with Crippen LogP contribution >= 0.6 is 0 Å². The topological polar surface area (TPSA) is 39.9 Å². The average Bonchev–Trinajstić information content (AvgIpc) is 2.59. The molecule has 0 fully saturated rings. The van der Waals surface area contributed by atoms with Crippen molar-refractivity contribution in [1.82, 2.24) is 15.0 Å². The summed E-state index contributed by atoms with van der Waals surface area (Å²) in [6, 6.07) is 0.341. The van der Waals surface area contributed by atoms with E-state index in [1.54, 1.807) is 0 Å². The van der Waals surface area contributed by atoms with Crippen LogP contribution in [0.4, 0.5) is 0 Å². The van der Waals surface area contributed by atoms with Gasteiger partial charge in [-0.25, -0.2) is 4.68 Å². The summed E-state index contributed by atoms with van der Waals surface area (Å²) in [5.74, 6) is 0.953. The quantitative estimate of drug-likeness (QED) is 0.749. The lowest BCUT2D eigenvalue weighted by Crippen LogP contribution is -2.28. The van der Waals surface area contributed by atoms with Crippen LogP contribution in [0.5, 0.6) is 0 Å². The van der Waals surface area contributed by atoms with Gasteiger partial charge in [0.05, 0.1) is 30.6 Å². The van der Waals surface area contributed by atoms with Gasteiger partial charge < -0.3 is 4.74 Å². The van der Waals surface area contributed by atoms with Gasteiger partial charge in [0, 0.05) is 0 Å². The molecule has 0 aliphatic carbocycles. The molecule has 0 aromatic carbocycles. The van der Waals surface area contributed by atoms with E-state index in [9.17, 15) is 0 Å². The zero-order chi connectivity index (χ0) is 11.0. The van der Waals surface area contributed by atoms with E-state index in [1.807, 2.05) is 0 Å². The van der Waals surface area contributed by atoms with Crippen molar-refractivity contribution in [3.63, 3.8) is 0 Å². The van der Waals surface area contributed by atoms with Gasteiger partial charge in [-0.3, -0.25) is 0 Å². The van der Waals surface area contributed by atoms with Crippen LogP contribution in [0.15, 0.2) is 0 Å². The lowest BCUT2D eigenvalue weighted by Gasteiger charge is -2.27. The van der Waals surface area contributed by atoms with Gasteiger partial charge in [0.25, 0.3) is 0 Å². The number of rotatable bonds is 2. The Labute approximate surface area is 90.6 Å². The van der Waals surface area contributed by atoms with Crippen LogP contribution in [0.1, 0.15) is 51.0 Å². The third-order valence-corrected chi connectivity index (χ3v) is 2.98. The molecule has 1 aromatic heterocycles. The summed E-state index contributed by atoms with van der Waals surface area (Å²) < 4.78 is 7.68. The Hall–Kier alpha value is -0.900. The normalized spacial score (nSPS) is 21.1. The van der Waals surface area contributed by atoms with Gasteiger partial charge >= 0.3 is 0 Å². The monoisotopic (exact) mass is 209 g/mol. The highest BCUT2D eigenvalue weighted by molar-refractivity contribution is 5.15. The molecule has 0 saturated heterocycles. The summed E-state index contributed by atoms with van der Waals surface area (Å²) in [5.41, 5.74) is 2.25. The van der Waals surface area contributed by atoms with E-state index in [0.29, 0.717) is 24.5 Å². The van der Waals surface area contributed by atoms with E-state index >= 15 is 0 Å². The first-order chi connectivity index (χ1) is 7.11. The van der Waals surface area contributed by atoms with Crippen molar-refractivity contribution in [1.29, 1.82) is 0 Å². The Balaban J connectivity index is 2.38. The van der Waals surface area contributed by atoms with Crippen molar-refractivity contribution >= 4 is 0 Å². The van der Waals surface area contributed by atoms with Gasteiger partial charge in [0.15, 0.2) is 0 Å². The smallest absolute Gasteiger partial charge is 0.0908 e. The molecule has 4 heteroatoms. The molecule has 0 radical (unpaired) electrons. The molecule has 84 valence electrons. The van der Waals surface area contributed by atoms with Crippen LogP contribution in [-0.4, -0.2) is 21.6 Å². The predicted octanol–water partition coefficient (Wildman–Crippen LogP) is 2.13. The van der Waals surface area contributed by atoms with Gasteiger partial charge in [-0.2, -0.15) is 0 Å². The van der Waals surface area contributed by atoms with Crippen LogP contribution in [0.25, 0.3) is 0 Å². The van der Waals surface area contributed by atoms with Crippen molar-refractivity contribution in [2.75, 3.05) is 6.61 Å². The second-order valence-electron chi connectivity index (χ2n) is 4.85. The highest BCUT2D eigenvalue weighted by atomic mass is 16.5. The van der Waals surface area contributed by atoms with Crippen LogP contribution in [-0.2, 0) is 11.3 Å². The van der Waals surface area contributed by atoms with Gasteiger partial charge in [0.1, 0.15) is 0 Å². The van der Waals surface area contributed by atoms with Gasteiger partial charge in [-0.1, -0.05) is 32.9 Å². The van der Waals surface area contributed by atoms with Crippen LogP contribution in [0.2, 0.25) is 0 Å². The fourth-order valence-corrected chi connectivity index (χ4v) is 2.00. The highest BCUT2D eigenvalue weighted by Crippen LogP contribution is 2.28. The average molecular weight is 209 g/mol. The molecule has 0 spiro atoms. The molecule has 1 aromatic rings. The van der Waals surface area contributed by atoms with Gasteiger partial charge in [-0.15, -0.1) is 5.10 Å². The van der Waals surface area contributed by atoms with Gasteiger partial charge in [0.2, 0.25) is 0 Å². The van der Waals surface area contributed by atoms with E-state index in [2.05, 4.69) is 42.7 Å². The van der Waals surface area contributed by atoms with E-state index < -0.39 is 0 Å². The third-order valence-electron chi connectivity index (χ3n) is 2.98. The number of aromatic nitrogens is 3. The zero-order valence-electron chi connectivity index (χ0n) is 9.90.